The van der Waals surface area contributed by atoms with Crippen LogP contribution in [0.5, 0.6) is 0 Å². The summed E-state index contributed by atoms with van der Waals surface area (Å²) in [5.74, 6) is 0.817. The molecule has 1 atom stereocenters. The summed E-state index contributed by atoms with van der Waals surface area (Å²) in [5.41, 5.74) is 12.1. The summed E-state index contributed by atoms with van der Waals surface area (Å²) in [7, 11) is 0. The maximum Gasteiger partial charge on any atom is 0.235 e. The van der Waals surface area contributed by atoms with E-state index >= 15 is 0 Å². The third-order valence-electron chi connectivity index (χ3n) is 9.57. The number of nitrogens with zero attached hydrogens (tertiary/aromatic N) is 3. The molecule has 50 heavy (non-hydrogen) atoms. The molecule has 0 spiro atoms. The number of hydrogen-bond donors (Lipinski definition) is 0. The number of rotatable bonds is 5. The zero-order chi connectivity index (χ0) is 33.3. The van der Waals surface area contributed by atoms with Crippen LogP contribution in [0.3, 0.4) is 0 Å². The first-order chi connectivity index (χ1) is 24.8. The summed E-state index contributed by atoms with van der Waals surface area (Å²) in [4.78, 5) is 10.4. The van der Waals surface area contributed by atoms with Gasteiger partial charge in [0.05, 0.1) is 22.4 Å². The first-order valence-electron chi connectivity index (χ1n) is 17.0. The van der Waals surface area contributed by atoms with Gasteiger partial charge in [0.25, 0.3) is 0 Å². The van der Waals surface area contributed by atoms with Gasteiger partial charge in [0.2, 0.25) is 5.95 Å². The molecule has 0 amide bonds. The molecular formula is C47H33N3. The molecule has 3 heteroatoms. The minimum atomic E-state index is 0.167. The maximum atomic E-state index is 5.19. The van der Waals surface area contributed by atoms with Crippen molar-refractivity contribution in [1.29, 1.82) is 0 Å². The minimum absolute atomic E-state index is 0.167. The number of fused-ring (bicyclic) bond motifs is 4. The number of hydrogen-bond acceptors (Lipinski definition) is 2. The second-order valence-electron chi connectivity index (χ2n) is 12.6. The summed E-state index contributed by atoms with van der Waals surface area (Å²) in [6.45, 7) is 0. The van der Waals surface area contributed by atoms with Gasteiger partial charge in [-0.2, -0.15) is 0 Å². The van der Waals surface area contributed by atoms with Crippen molar-refractivity contribution in [2.45, 2.75) is 5.92 Å². The van der Waals surface area contributed by atoms with E-state index in [0.717, 1.165) is 55.5 Å². The molecular weight excluding hydrogens is 607 g/mol. The monoisotopic (exact) mass is 639 g/mol. The lowest BCUT2D eigenvalue weighted by Crippen LogP contribution is -2.04. The Hall–Kier alpha value is -6.58. The predicted octanol–water partition coefficient (Wildman–Crippen LogP) is 11.7. The topological polar surface area (TPSA) is 30.7 Å². The quantitative estimate of drug-likeness (QED) is 0.188. The van der Waals surface area contributed by atoms with Crippen LogP contribution < -0.4 is 0 Å². The van der Waals surface area contributed by atoms with E-state index in [1.54, 1.807) is 0 Å². The summed E-state index contributed by atoms with van der Waals surface area (Å²) in [5, 5.41) is 2.32. The highest BCUT2D eigenvalue weighted by Gasteiger charge is 2.18. The van der Waals surface area contributed by atoms with Gasteiger partial charge in [-0.1, -0.05) is 170 Å². The first kappa shape index (κ1) is 29.6. The van der Waals surface area contributed by atoms with Crippen molar-refractivity contribution < 1.29 is 0 Å². The fourth-order valence-corrected chi connectivity index (χ4v) is 7.11. The predicted molar refractivity (Wildman–Crippen MR) is 208 cm³/mol. The Morgan fingerprint density at radius 1 is 0.480 bits per heavy atom. The molecule has 0 saturated heterocycles. The molecule has 0 saturated carbocycles. The van der Waals surface area contributed by atoms with Crippen LogP contribution in [-0.2, 0) is 0 Å². The van der Waals surface area contributed by atoms with Crippen molar-refractivity contribution in [2.75, 3.05) is 0 Å². The zero-order valence-electron chi connectivity index (χ0n) is 27.4. The van der Waals surface area contributed by atoms with Gasteiger partial charge in [-0.3, -0.25) is 4.57 Å². The van der Waals surface area contributed by atoms with Crippen molar-refractivity contribution in [3.05, 3.63) is 210 Å². The lowest BCUT2D eigenvalue weighted by Gasteiger charge is -2.16. The molecule has 0 bridgehead atoms. The van der Waals surface area contributed by atoms with E-state index in [1.807, 2.05) is 12.1 Å². The van der Waals surface area contributed by atoms with Crippen LogP contribution in [0.25, 0.3) is 61.9 Å². The first-order valence-corrected chi connectivity index (χ1v) is 17.0. The van der Waals surface area contributed by atoms with E-state index in [1.165, 1.54) is 16.7 Å². The molecule has 2 heterocycles. The largest absolute Gasteiger partial charge is 0.278 e. The van der Waals surface area contributed by atoms with Crippen LogP contribution in [-0.4, -0.2) is 14.5 Å². The van der Waals surface area contributed by atoms with Crippen LogP contribution in [0.15, 0.2) is 188 Å². The maximum absolute atomic E-state index is 5.19. The van der Waals surface area contributed by atoms with Crippen LogP contribution in [0.4, 0.5) is 0 Å². The third-order valence-corrected chi connectivity index (χ3v) is 9.57. The van der Waals surface area contributed by atoms with Crippen LogP contribution in [0.1, 0.15) is 28.2 Å². The van der Waals surface area contributed by atoms with Crippen molar-refractivity contribution in [2.24, 2.45) is 0 Å². The van der Waals surface area contributed by atoms with Gasteiger partial charge in [0.1, 0.15) is 0 Å². The van der Waals surface area contributed by atoms with Gasteiger partial charge in [-0.05, 0) is 52.1 Å². The van der Waals surface area contributed by atoms with E-state index < -0.39 is 0 Å². The van der Waals surface area contributed by atoms with Gasteiger partial charge in [-0.25, -0.2) is 9.97 Å². The molecule has 0 fully saturated rings. The SMILES string of the molecule is C1=CC(c2ccccc2)c2ccccc2C=CC(c2ccc3c(c2)c2ccccc2n3-c2nc(-c3ccccc3)cc(-c3ccccc3)n2)=C1. The standard InChI is InChI=1S/C47H33N3/c1-4-15-34(16-5-1)40-25-14-22-33(27-28-35-17-10-11-23-39(35)40)38-29-30-46-42(31-38)41-24-12-13-26-45(41)50(46)47-48-43(36-18-6-2-7-19-36)32-44(49-47)37-20-8-3-9-21-37/h1-32,40H. The highest BCUT2D eigenvalue weighted by molar-refractivity contribution is 6.10. The van der Waals surface area contributed by atoms with Gasteiger partial charge < -0.3 is 0 Å². The average molecular weight is 640 g/mol. The van der Waals surface area contributed by atoms with Crippen LogP contribution in [0, 0.1) is 0 Å². The fourth-order valence-electron chi connectivity index (χ4n) is 7.11. The van der Waals surface area contributed by atoms with Crippen molar-refractivity contribution >= 4 is 33.5 Å². The van der Waals surface area contributed by atoms with E-state index in [2.05, 4.69) is 187 Å². The highest BCUT2D eigenvalue weighted by Crippen LogP contribution is 2.36. The third kappa shape index (κ3) is 5.45. The highest BCUT2D eigenvalue weighted by atomic mass is 15.2. The van der Waals surface area contributed by atoms with Gasteiger partial charge in [-0.15, -0.1) is 0 Å². The molecule has 3 nitrogen and oxygen atoms in total. The Kier molecular flexibility index (Phi) is 7.56. The average Bonchev–Trinajstić information content (AvgIpc) is 3.56. The van der Waals surface area contributed by atoms with Crippen molar-refractivity contribution in [3.8, 4) is 28.5 Å². The summed E-state index contributed by atoms with van der Waals surface area (Å²) >= 11 is 0. The Labute approximate surface area is 291 Å². The van der Waals surface area contributed by atoms with E-state index in [4.69, 9.17) is 9.97 Å². The second-order valence-corrected chi connectivity index (χ2v) is 12.6. The summed E-state index contributed by atoms with van der Waals surface area (Å²) in [6.07, 6.45) is 11.3. The fraction of sp³-hybridized carbons (Fsp3) is 0.0213. The minimum Gasteiger partial charge on any atom is -0.278 e. The van der Waals surface area contributed by atoms with Gasteiger partial charge in [0, 0.05) is 27.8 Å². The number of benzene rings is 6. The number of para-hydroxylation sites is 1. The number of allylic oxidation sites excluding steroid dienone is 5. The number of aromatic nitrogens is 3. The zero-order valence-corrected chi connectivity index (χ0v) is 27.4. The normalized spacial score (nSPS) is 14.2. The molecule has 236 valence electrons. The van der Waals surface area contributed by atoms with Gasteiger partial charge >= 0.3 is 0 Å². The summed E-state index contributed by atoms with van der Waals surface area (Å²) in [6, 6.07) is 57.5. The van der Waals surface area contributed by atoms with Crippen molar-refractivity contribution in [1.82, 2.24) is 14.5 Å². The lowest BCUT2D eigenvalue weighted by atomic mass is 9.88. The molecule has 6 aromatic carbocycles. The van der Waals surface area contributed by atoms with E-state index in [-0.39, 0.29) is 5.92 Å². The van der Waals surface area contributed by atoms with Crippen molar-refractivity contribution in [3.63, 3.8) is 0 Å². The van der Waals surface area contributed by atoms with E-state index in [0.29, 0.717) is 5.95 Å². The van der Waals surface area contributed by atoms with Gasteiger partial charge in [0.15, 0.2) is 0 Å². The Morgan fingerprint density at radius 3 is 1.84 bits per heavy atom. The lowest BCUT2D eigenvalue weighted by molar-refractivity contribution is 0.995. The molecule has 2 aromatic heterocycles. The van der Waals surface area contributed by atoms with E-state index in [9.17, 15) is 0 Å². The Bertz CT molecular complexity index is 2520. The summed E-state index contributed by atoms with van der Waals surface area (Å²) < 4.78 is 2.21. The molecule has 0 N–H and O–H groups in total. The van der Waals surface area contributed by atoms with Crippen LogP contribution >= 0.6 is 0 Å². The molecule has 0 aliphatic heterocycles. The molecule has 1 aliphatic rings. The molecule has 8 aromatic rings. The molecule has 1 unspecified atom stereocenters. The second kappa shape index (κ2) is 12.8. The Morgan fingerprint density at radius 2 is 1.10 bits per heavy atom. The molecule has 9 rings (SSSR count). The van der Waals surface area contributed by atoms with Crippen LogP contribution in [0.2, 0.25) is 0 Å². The smallest absolute Gasteiger partial charge is 0.235 e. The Balaban J connectivity index is 1.20. The molecule has 1 aliphatic carbocycles. The molecule has 0 radical (unpaired) electrons.